The molecule has 3 rings (SSSR count). The van der Waals surface area contributed by atoms with Crippen LogP contribution in [0.25, 0.3) is 0 Å². The molecule has 1 heterocycles. The number of rotatable bonds is 4. The number of aromatic nitrogens is 1. The van der Waals surface area contributed by atoms with Crippen LogP contribution >= 0.6 is 0 Å². The first-order chi connectivity index (χ1) is 9.84. The molecular weight excluding hydrogens is 248 g/mol. The van der Waals surface area contributed by atoms with Crippen molar-refractivity contribution in [2.24, 2.45) is 0 Å². The van der Waals surface area contributed by atoms with Gasteiger partial charge in [0.1, 0.15) is 0 Å². The lowest BCUT2D eigenvalue weighted by Crippen LogP contribution is -2.25. The number of pyridine rings is 1. The molecule has 1 aromatic heterocycles. The highest BCUT2D eigenvalue weighted by molar-refractivity contribution is 5.89. The van der Waals surface area contributed by atoms with E-state index < -0.39 is 0 Å². The second-order valence-corrected chi connectivity index (χ2v) is 5.18. The molecular formula is C17H18N2O. The van der Waals surface area contributed by atoms with Crippen molar-refractivity contribution in [2.45, 2.75) is 25.2 Å². The van der Waals surface area contributed by atoms with E-state index in [2.05, 4.69) is 16.4 Å². The van der Waals surface area contributed by atoms with Gasteiger partial charge in [-0.2, -0.15) is 0 Å². The van der Waals surface area contributed by atoms with Gasteiger partial charge in [-0.05, 0) is 43.0 Å². The SMILES string of the molecule is O=C(CNc1ccccc1)C1CCCc2cccnc21. The average molecular weight is 266 g/mol. The van der Waals surface area contributed by atoms with Crippen LogP contribution in [0.2, 0.25) is 0 Å². The summed E-state index contributed by atoms with van der Waals surface area (Å²) in [5.41, 5.74) is 3.20. The predicted molar refractivity (Wildman–Crippen MR) is 79.9 cm³/mol. The van der Waals surface area contributed by atoms with Gasteiger partial charge in [-0.1, -0.05) is 24.3 Å². The Morgan fingerprint density at radius 2 is 2.05 bits per heavy atom. The first kappa shape index (κ1) is 12.9. The third kappa shape index (κ3) is 2.72. The summed E-state index contributed by atoms with van der Waals surface area (Å²) in [6.45, 7) is 0.366. The second-order valence-electron chi connectivity index (χ2n) is 5.18. The Kier molecular flexibility index (Phi) is 3.77. The van der Waals surface area contributed by atoms with Crippen LogP contribution in [0.5, 0.6) is 0 Å². The van der Waals surface area contributed by atoms with E-state index in [4.69, 9.17) is 0 Å². The van der Waals surface area contributed by atoms with Crippen molar-refractivity contribution >= 4 is 11.5 Å². The lowest BCUT2D eigenvalue weighted by molar-refractivity contribution is -0.119. The van der Waals surface area contributed by atoms with Crippen LogP contribution in [0, 0.1) is 0 Å². The fourth-order valence-corrected chi connectivity index (χ4v) is 2.79. The Labute approximate surface area is 119 Å². The van der Waals surface area contributed by atoms with Gasteiger partial charge in [0.25, 0.3) is 0 Å². The minimum absolute atomic E-state index is 0.0452. The number of nitrogens with zero attached hydrogens (tertiary/aromatic N) is 1. The second kappa shape index (κ2) is 5.87. The topological polar surface area (TPSA) is 42.0 Å². The van der Waals surface area contributed by atoms with Crippen LogP contribution in [0.15, 0.2) is 48.7 Å². The van der Waals surface area contributed by atoms with E-state index in [0.29, 0.717) is 6.54 Å². The fraction of sp³-hybridized carbons (Fsp3) is 0.294. The Bertz CT molecular complexity index is 595. The molecule has 0 radical (unpaired) electrons. The average Bonchev–Trinajstić information content (AvgIpc) is 2.53. The molecule has 3 nitrogen and oxygen atoms in total. The van der Waals surface area contributed by atoms with Gasteiger partial charge in [0.15, 0.2) is 5.78 Å². The van der Waals surface area contributed by atoms with Crippen molar-refractivity contribution in [1.29, 1.82) is 0 Å². The molecule has 0 spiro atoms. The van der Waals surface area contributed by atoms with Crippen LogP contribution in [0.3, 0.4) is 0 Å². The normalized spacial score (nSPS) is 17.3. The van der Waals surface area contributed by atoms with Gasteiger partial charge in [-0.15, -0.1) is 0 Å². The zero-order chi connectivity index (χ0) is 13.8. The first-order valence-electron chi connectivity index (χ1n) is 7.10. The Hall–Kier alpha value is -2.16. The van der Waals surface area contributed by atoms with Crippen LogP contribution in [0.4, 0.5) is 5.69 Å². The number of hydrogen-bond acceptors (Lipinski definition) is 3. The van der Waals surface area contributed by atoms with Gasteiger partial charge < -0.3 is 5.32 Å². The van der Waals surface area contributed by atoms with E-state index in [1.165, 1.54) is 5.56 Å². The lowest BCUT2D eigenvalue weighted by Gasteiger charge is -2.23. The van der Waals surface area contributed by atoms with Crippen molar-refractivity contribution < 1.29 is 4.79 Å². The predicted octanol–water partition coefficient (Wildman–Crippen LogP) is 3.18. The lowest BCUT2D eigenvalue weighted by atomic mass is 9.84. The molecule has 3 heteroatoms. The number of benzene rings is 1. The van der Waals surface area contributed by atoms with E-state index in [1.54, 1.807) is 6.20 Å². The minimum Gasteiger partial charge on any atom is -0.378 e. The number of para-hydroxylation sites is 1. The zero-order valence-electron chi connectivity index (χ0n) is 11.4. The summed E-state index contributed by atoms with van der Waals surface area (Å²) in [4.78, 5) is 16.9. The molecule has 0 bridgehead atoms. The van der Waals surface area contributed by atoms with Crippen LogP contribution in [-0.2, 0) is 11.2 Å². The summed E-state index contributed by atoms with van der Waals surface area (Å²) in [6, 6.07) is 13.9. The van der Waals surface area contributed by atoms with Crippen LogP contribution in [-0.4, -0.2) is 17.3 Å². The van der Waals surface area contributed by atoms with Crippen molar-refractivity contribution in [3.05, 3.63) is 59.9 Å². The molecule has 0 saturated heterocycles. The molecule has 0 fully saturated rings. The smallest absolute Gasteiger partial charge is 0.160 e. The van der Waals surface area contributed by atoms with Gasteiger partial charge in [0, 0.05) is 11.9 Å². The number of carbonyl (C=O) groups is 1. The molecule has 0 amide bonds. The monoisotopic (exact) mass is 266 g/mol. The molecule has 1 aliphatic rings. The summed E-state index contributed by atoms with van der Waals surface area (Å²) in [6.07, 6.45) is 4.81. The van der Waals surface area contributed by atoms with E-state index in [-0.39, 0.29) is 11.7 Å². The first-order valence-corrected chi connectivity index (χ1v) is 7.10. The minimum atomic E-state index is -0.0452. The summed E-state index contributed by atoms with van der Waals surface area (Å²) < 4.78 is 0. The largest absolute Gasteiger partial charge is 0.378 e. The number of ketones is 1. The quantitative estimate of drug-likeness (QED) is 0.924. The summed E-state index contributed by atoms with van der Waals surface area (Å²) in [5.74, 6) is 0.185. The van der Waals surface area contributed by atoms with Crippen molar-refractivity contribution in [3.8, 4) is 0 Å². The highest BCUT2D eigenvalue weighted by Crippen LogP contribution is 2.30. The highest BCUT2D eigenvalue weighted by Gasteiger charge is 2.26. The molecule has 1 atom stereocenters. The van der Waals surface area contributed by atoms with Crippen molar-refractivity contribution in [1.82, 2.24) is 4.98 Å². The summed E-state index contributed by atoms with van der Waals surface area (Å²) in [7, 11) is 0. The number of aryl methyl sites for hydroxylation is 1. The highest BCUT2D eigenvalue weighted by atomic mass is 16.1. The van der Waals surface area contributed by atoms with Crippen LogP contribution in [0.1, 0.15) is 30.0 Å². The maximum Gasteiger partial charge on any atom is 0.160 e. The maximum absolute atomic E-state index is 12.4. The standard InChI is InChI=1S/C17H18N2O/c20-16(12-19-14-8-2-1-3-9-14)15-10-4-6-13-7-5-11-18-17(13)15/h1-3,5,7-9,11,15,19H,4,6,10,12H2. The van der Waals surface area contributed by atoms with E-state index >= 15 is 0 Å². The Morgan fingerprint density at radius 1 is 1.20 bits per heavy atom. The van der Waals surface area contributed by atoms with Crippen molar-refractivity contribution in [2.75, 3.05) is 11.9 Å². The van der Waals surface area contributed by atoms with Crippen molar-refractivity contribution in [3.63, 3.8) is 0 Å². The fourth-order valence-electron chi connectivity index (χ4n) is 2.79. The van der Waals surface area contributed by atoms with Gasteiger partial charge in [0.05, 0.1) is 18.2 Å². The molecule has 102 valence electrons. The Morgan fingerprint density at radius 3 is 2.90 bits per heavy atom. The van der Waals surface area contributed by atoms with Gasteiger partial charge >= 0.3 is 0 Å². The molecule has 1 N–H and O–H groups in total. The van der Waals surface area contributed by atoms with E-state index in [9.17, 15) is 4.79 Å². The molecule has 0 aliphatic heterocycles. The molecule has 20 heavy (non-hydrogen) atoms. The third-order valence-electron chi connectivity index (χ3n) is 3.82. The molecule has 1 aliphatic carbocycles. The van der Waals surface area contributed by atoms with Gasteiger partial charge in [-0.25, -0.2) is 0 Å². The van der Waals surface area contributed by atoms with Crippen LogP contribution < -0.4 is 5.32 Å². The molecule has 0 saturated carbocycles. The summed E-state index contributed by atoms with van der Waals surface area (Å²) >= 11 is 0. The number of hydrogen-bond donors (Lipinski definition) is 1. The number of anilines is 1. The third-order valence-corrected chi connectivity index (χ3v) is 3.82. The number of Topliss-reactive ketones (excluding diaryl/α,β-unsaturated/α-hetero) is 1. The van der Waals surface area contributed by atoms with Gasteiger partial charge in [-0.3, -0.25) is 9.78 Å². The van der Waals surface area contributed by atoms with E-state index in [0.717, 1.165) is 30.6 Å². The summed E-state index contributed by atoms with van der Waals surface area (Å²) in [5, 5.41) is 3.20. The number of carbonyl (C=O) groups excluding carboxylic acids is 1. The van der Waals surface area contributed by atoms with E-state index in [1.807, 2.05) is 36.4 Å². The van der Waals surface area contributed by atoms with Gasteiger partial charge in [0.2, 0.25) is 0 Å². The number of fused-ring (bicyclic) bond motifs is 1. The Balaban J connectivity index is 1.69. The zero-order valence-corrected chi connectivity index (χ0v) is 11.4. The number of nitrogens with one attached hydrogen (secondary N) is 1. The molecule has 1 unspecified atom stereocenters. The maximum atomic E-state index is 12.4. The molecule has 1 aromatic carbocycles. The molecule has 2 aromatic rings.